The number of aliphatic hydroxyl groups excluding tert-OH is 1. The maximum absolute atomic E-state index is 12.7. The minimum Gasteiger partial charge on any atom is -0.455 e. The van der Waals surface area contributed by atoms with Crippen LogP contribution < -0.4 is 0 Å². The quantitative estimate of drug-likeness (QED) is 0.409. The first-order valence-electron chi connectivity index (χ1n) is 11.1. The Morgan fingerprint density at radius 1 is 1.10 bits per heavy atom. The fraction of sp³-hybridized carbons (Fsp3) is 0.680. The molecule has 0 radical (unpaired) electrons. The van der Waals surface area contributed by atoms with E-state index in [1.807, 2.05) is 0 Å². The third kappa shape index (κ3) is 4.00. The first-order valence-corrected chi connectivity index (χ1v) is 11.1. The summed E-state index contributed by atoms with van der Waals surface area (Å²) in [6.45, 7) is 13.7. The third-order valence-corrected chi connectivity index (χ3v) is 7.84. The van der Waals surface area contributed by atoms with Crippen molar-refractivity contribution in [1.29, 1.82) is 0 Å². The minimum absolute atomic E-state index is 0.117. The molecule has 0 amide bonds. The molecule has 0 spiro atoms. The molecule has 0 aromatic carbocycles. The number of allylic oxidation sites excluding steroid dienone is 3. The van der Waals surface area contributed by atoms with Gasteiger partial charge in [0.25, 0.3) is 0 Å². The fourth-order valence-corrected chi connectivity index (χ4v) is 5.89. The predicted molar refractivity (Wildman–Crippen MR) is 117 cm³/mol. The van der Waals surface area contributed by atoms with E-state index in [-0.39, 0.29) is 17.3 Å². The highest BCUT2D eigenvalue weighted by Gasteiger charge is 2.63. The molecule has 1 N–H and O–H groups in total. The van der Waals surface area contributed by atoms with Crippen LogP contribution >= 0.6 is 0 Å². The second-order valence-electron chi connectivity index (χ2n) is 9.99. The van der Waals surface area contributed by atoms with Crippen molar-refractivity contribution < 1.29 is 28.9 Å². The molecule has 3 rings (SSSR count). The topological polar surface area (TPSA) is 82.1 Å². The maximum atomic E-state index is 12.7. The summed E-state index contributed by atoms with van der Waals surface area (Å²) < 4.78 is 17.5. The van der Waals surface area contributed by atoms with Gasteiger partial charge >= 0.3 is 11.9 Å². The Morgan fingerprint density at radius 3 is 2.26 bits per heavy atom. The molecule has 2 unspecified atom stereocenters. The molecule has 1 aliphatic heterocycles. The number of hydrogen-bond donors (Lipinski definition) is 1. The van der Waals surface area contributed by atoms with E-state index in [0.29, 0.717) is 24.2 Å². The average Bonchev–Trinajstić information content (AvgIpc) is 3.11. The summed E-state index contributed by atoms with van der Waals surface area (Å²) in [6, 6.07) is 0. The summed E-state index contributed by atoms with van der Waals surface area (Å²) in [4.78, 5) is 25.4. The van der Waals surface area contributed by atoms with Crippen molar-refractivity contribution in [2.24, 2.45) is 22.7 Å². The van der Waals surface area contributed by atoms with E-state index in [1.54, 1.807) is 39.8 Å². The van der Waals surface area contributed by atoms with Crippen molar-refractivity contribution in [3.63, 3.8) is 0 Å². The van der Waals surface area contributed by atoms with E-state index in [2.05, 4.69) is 26.8 Å². The van der Waals surface area contributed by atoms with Crippen molar-refractivity contribution in [2.45, 2.75) is 79.8 Å². The lowest BCUT2D eigenvalue weighted by Gasteiger charge is -2.59. The van der Waals surface area contributed by atoms with Crippen LogP contribution in [-0.2, 0) is 23.8 Å². The molecular formula is C25H36O6. The number of esters is 2. The van der Waals surface area contributed by atoms with E-state index in [4.69, 9.17) is 14.2 Å². The molecule has 0 bridgehead atoms. The van der Waals surface area contributed by atoms with Gasteiger partial charge in [-0.05, 0) is 57.4 Å². The predicted octanol–water partition coefficient (Wildman–Crippen LogP) is 4.09. The normalized spacial score (nSPS) is 37.4. The van der Waals surface area contributed by atoms with Crippen LogP contribution in [0.5, 0.6) is 0 Å². The summed E-state index contributed by atoms with van der Waals surface area (Å²) in [6.07, 6.45) is 4.77. The number of hydrogen-bond acceptors (Lipinski definition) is 6. The molecular weight excluding hydrogens is 396 g/mol. The number of ether oxygens (including phenoxy) is 3. The lowest BCUT2D eigenvalue weighted by Crippen LogP contribution is -2.62. The van der Waals surface area contributed by atoms with Gasteiger partial charge in [0, 0.05) is 22.5 Å². The van der Waals surface area contributed by atoms with Crippen molar-refractivity contribution in [2.75, 3.05) is 6.61 Å². The molecule has 1 saturated heterocycles. The number of aliphatic hydroxyl groups is 1. The molecule has 3 aliphatic rings. The van der Waals surface area contributed by atoms with E-state index in [0.717, 1.165) is 12.0 Å². The van der Waals surface area contributed by atoms with Gasteiger partial charge in [0.1, 0.15) is 12.2 Å². The summed E-state index contributed by atoms with van der Waals surface area (Å²) in [5, 5.41) is 10.6. The molecule has 6 nitrogen and oxygen atoms in total. The van der Waals surface area contributed by atoms with Gasteiger partial charge in [0.2, 0.25) is 0 Å². The van der Waals surface area contributed by atoms with Crippen LogP contribution in [0, 0.1) is 22.7 Å². The number of carbonyl (C=O) groups is 2. The first-order chi connectivity index (χ1) is 14.5. The lowest BCUT2D eigenvalue weighted by atomic mass is 9.47. The van der Waals surface area contributed by atoms with Crippen LogP contribution in [0.3, 0.4) is 0 Å². The van der Waals surface area contributed by atoms with Gasteiger partial charge in [-0.1, -0.05) is 39.0 Å². The van der Waals surface area contributed by atoms with Gasteiger partial charge < -0.3 is 19.3 Å². The third-order valence-electron chi connectivity index (χ3n) is 7.84. The van der Waals surface area contributed by atoms with Gasteiger partial charge in [-0.25, -0.2) is 9.59 Å². The fourth-order valence-electron chi connectivity index (χ4n) is 5.89. The summed E-state index contributed by atoms with van der Waals surface area (Å²) in [5.74, 6) is -0.858. The molecule has 2 fully saturated rings. The summed E-state index contributed by atoms with van der Waals surface area (Å²) in [7, 11) is 0. The van der Waals surface area contributed by atoms with E-state index in [9.17, 15) is 14.7 Å². The zero-order valence-electron chi connectivity index (χ0n) is 19.7. The second kappa shape index (κ2) is 8.55. The van der Waals surface area contributed by atoms with Gasteiger partial charge in [-0.2, -0.15) is 0 Å². The van der Waals surface area contributed by atoms with Crippen LogP contribution in [0.25, 0.3) is 0 Å². The summed E-state index contributed by atoms with van der Waals surface area (Å²) in [5.41, 5.74) is 1.28. The van der Waals surface area contributed by atoms with Crippen LogP contribution in [0.4, 0.5) is 0 Å². The number of fused-ring (bicyclic) bond motifs is 3. The van der Waals surface area contributed by atoms with Crippen molar-refractivity contribution in [1.82, 2.24) is 0 Å². The van der Waals surface area contributed by atoms with Gasteiger partial charge in [-0.15, -0.1) is 0 Å². The van der Waals surface area contributed by atoms with Gasteiger partial charge in [0.05, 0.1) is 6.61 Å². The highest BCUT2D eigenvalue weighted by atomic mass is 16.6. The van der Waals surface area contributed by atoms with Crippen LogP contribution in [0.15, 0.2) is 34.9 Å². The van der Waals surface area contributed by atoms with Crippen LogP contribution in [0.1, 0.15) is 61.3 Å². The molecule has 0 aromatic heterocycles. The maximum Gasteiger partial charge on any atom is 0.333 e. The zero-order valence-corrected chi connectivity index (χ0v) is 19.7. The molecule has 6 heteroatoms. The van der Waals surface area contributed by atoms with Gasteiger partial charge in [0.15, 0.2) is 6.29 Å². The number of rotatable bonds is 4. The van der Waals surface area contributed by atoms with Crippen LogP contribution in [-0.4, -0.2) is 42.1 Å². The van der Waals surface area contributed by atoms with E-state index < -0.39 is 35.9 Å². The smallest absolute Gasteiger partial charge is 0.333 e. The van der Waals surface area contributed by atoms with Crippen LogP contribution in [0.2, 0.25) is 0 Å². The average molecular weight is 433 g/mol. The largest absolute Gasteiger partial charge is 0.455 e. The Balaban J connectivity index is 2.03. The lowest BCUT2D eigenvalue weighted by molar-refractivity contribution is -0.220. The second-order valence-corrected chi connectivity index (χ2v) is 9.99. The van der Waals surface area contributed by atoms with E-state index in [1.165, 1.54) is 0 Å². The van der Waals surface area contributed by atoms with Crippen molar-refractivity contribution in [3.8, 4) is 0 Å². The highest BCUT2D eigenvalue weighted by Crippen LogP contribution is 2.62. The Kier molecular flexibility index (Phi) is 6.55. The molecule has 6 atom stereocenters. The monoisotopic (exact) mass is 432 g/mol. The Hall–Kier alpha value is -1.92. The molecule has 1 heterocycles. The van der Waals surface area contributed by atoms with Crippen molar-refractivity contribution in [3.05, 3.63) is 34.9 Å². The Labute approximate surface area is 185 Å². The summed E-state index contributed by atoms with van der Waals surface area (Å²) >= 11 is 0. The Morgan fingerprint density at radius 2 is 1.68 bits per heavy atom. The first kappa shape index (κ1) is 23.7. The number of carbonyl (C=O) groups excluding carboxylic acids is 2. The highest BCUT2D eigenvalue weighted by molar-refractivity contribution is 5.88. The zero-order chi connectivity index (χ0) is 23.1. The molecule has 1 saturated carbocycles. The molecule has 31 heavy (non-hydrogen) atoms. The molecule has 0 aromatic rings. The van der Waals surface area contributed by atoms with E-state index >= 15 is 0 Å². The van der Waals surface area contributed by atoms with Gasteiger partial charge in [-0.3, -0.25) is 0 Å². The SMILES string of the molecule is C/C=C(\C)C(=O)O[C@@H]1C[C@]2(C)C3C(=CCC2C(C)(C)[C@H]1OC(=O)/C(C)=C/C)CO[C@H]3O. The molecule has 172 valence electrons. The molecule has 2 aliphatic carbocycles. The minimum atomic E-state index is -0.882. The van der Waals surface area contributed by atoms with Crippen molar-refractivity contribution >= 4 is 11.9 Å². The Bertz CT molecular complexity index is 835. The standard InChI is InChI=1S/C25H36O6/c1-8-14(3)21(26)30-17-12-25(7)18(11-10-16-13-29-23(28)19(16)25)24(5,6)20(17)31-22(27)15(4)9-2/h8-10,17-20,23,28H,11-13H2,1-7H3/b14-8+,15-9+/t17-,18?,19?,20+,23-,25+/m1/s1.